The van der Waals surface area contributed by atoms with Crippen LogP contribution in [0.2, 0.25) is 5.02 Å². The molecule has 0 saturated carbocycles. The third kappa shape index (κ3) is 6.37. The van der Waals surface area contributed by atoms with Crippen molar-refractivity contribution in [2.24, 2.45) is 4.99 Å². The van der Waals surface area contributed by atoms with E-state index in [0.29, 0.717) is 16.0 Å². The molecule has 4 rings (SSSR count). The van der Waals surface area contributed by atoms with Crippen molar-refractivity contribution in [1.82, 2.24) is 14.9 Å². The third-order valence-electron chi connectivity index (χ3n) is 5.26. The summed E-state index contributed by atoms with van der Waals surface area (Å²) >= 11 is 12.5. The standard InChI is InChI=1S/C24H23Cl2N5.C3H8/c1-3-8-22(26)27-17(2)30-13-15-31(16-14-30)24-19-10-5-7-12-21(19)28-23(29-24)18-9-4-6-11-20(18)25;1-3-2/h3-12H,1,13-16H2,2H3;3H2,1-2H3/b22-8-,27-17+;. The zero-order valence-electron chi connectivity index (χ0n) is 20.0. The van der Waals surface area contributed by atoms with Gasteiger partial charge in [-0.25, -0.2) is 15.0 Å². The summed E-state index contributed by atoms with van der Waals surface area (Å²) in [6, 6.07) is 15.8. The predicted octanol–water partition coefficient (Wildman–Crippen LogP) is 7.17. The van der Waals surface area contributed by atoms with Gasteiger partial charge in [-0.15, -0.1) is 0 Å². The van der Waals surface area contributed by atoms with Crippen LogP contribution in [0.15, 0.2) is 77.4 Å². The number of aromatic nitrogens is 2. The van der Waals surface area contributed by atoms with E-state index in [-0.39, 0.29) is 0 Å². The molecule has 2 aromatic carbocycles. The molecule has 178 valence electrons. The van der Waals surface area contributed by atoms with Gasteiger partial charge in [0, 0.05) is 37.1 Å². The van der Waals surface area contributed by atoms with Crippen LogP contribution in [0, 0.1) is 0 Å². The molecule has 0 unspecified atom stereocenters. The lowest BCUT2D eigenvalue weighted by molar-refractivity contribution is 0.383. The number of benzene rings is 2. The molecule has 1 aliphatic rings. The van der Waals surface area contributed by atoms with Gasteiger partial charge in [0.25, 0.3) is 0 Å². The van der Waals surface area contributed by atoms with Gasteiger partial charge in [-0.05, 0) is 37.3 Å². The minimum Gasteiger partial charge on any atom is -0.357 e. The molecule has 5 nitrogen and oxygen atoms in total. The van der Waals surface area contributed by atoms with Crippen molar-refractivity contribution in [2.45, 2.75) is 27.2 Å². The Balaban J connectivity index is 0.00000103. The number of halogens is 2. The number of hydrogen-bond donors (Lipinski definition) is 0. The SMILES string of the molecule is C=C/C=C(Cl)\N=C(/C)N1CCN(c2nc(-c3ccccc3Cl)nc3ccccc23)CC1.CCC. The molecule has 3 aromatic rings. The normalized spacial score (nSPS) is 14.6. The first-order valence-corrected chi connectivity index (χ1v) is 12.3. The summed E-state index contributed by atoms with van der Waals surface area (Å²) in [5, 5.41) is 2.11. The second-order valence-electron chi connectivity index (χ2n) is 7.93. The number of aliphatic imine (C=N–C) groups is 1. The molecular formula is C27H31Cl2N5. The van der Waals surface area contributed by atoms with Crippen molar-refractivity contribution in [1.29, 1.82) is 0 Å². The Hall–Kier alpha value is -2.89. The summed E-state index contributed by atoms with van der Waals surface area (Å²) in [7, 11) is 0. The lowest BCUT2D eigenvalue weighted by atomic mass is 10.1. The number of hydrogen-bond acceptors (Lipinski definition) is 4. The Morgan fingerprint density at radius 2 is 1.68 bits per heavy atom. The third-order valence-corrected chi connectivity index (χ3v) is 5.80. The highest BCUT2D eigenvalue weighted by atomic mass is 35.5. The van der Waals surface area contributed by atoms with E-state index in [2.05, 4.69) is 41.3 Å². The Kier molecular flexibility index (Phi) is 9.49. The summed E-state index contributed by atoms with van der Waals surface area (Å²) in [6.07, 6.45) is 4.57. The van der Waals surface area contributed by atoms with Crippen LogP contribution in [-0.4, -0.2) is 46.9 Å². The Morgan fingerprint density at radius 1 is 1.03 bits per heavy atom. The molecule has 7 heteroatoms. The summed E-state index contributed by atoms with van der Waals surface area (Å²) in [6.45, 7) is 13.2. The van der Waals surface area contributed by atoms with E-state index in [9.17, 15) is 0 Å². The van der Waals surface area contributed by atoms with E-state index in [4.69, 9.17) is 33.2 Å². The van der Waals surface area contributed by atoms with Gasteiger partial charge in [0.2, 0.25) is 0 Å². The smallest absolute Gasteiger partial charge is 0.163 e. The fourth-order valence-corrected chi connectivity index (χ4v) is 4.10. The number of para-hydroxylation sites is 1. The highest BCUT2D eigenvalue weighted by molar-refractivity contribution is 6.33. The topological polar surface area (TPSA) is 44.6 Å². The maximum Gasteiger partial charge on any atom is 0.163 e. The largest absolute Gasteiger partial charge is 0.357 e. The van der Waals surface area contributed by atoms with E-state index in [1.54, 1.807) is 12.2 Å². The van der Waals surface area contributed by atoms with Gasteiger partial charge in [0.05, 0.1) is 10.5 Å². The molecule has 1 aromatic heterocycles. The summed E-state index contributed by atoms with van der Waals surface area (Å²) in [5.74, 6) is 2.47. The summed E-state index contributed by atoms with van der Waals surface area (Å²) < 4.78 is 0. The van der Waals surface area contributed by atoms with Crippen LogP contribution in [-0.2, 0) is 0 Å². The average molecular weight is 496 g/mol. The minimum absolute atomic E-state index is 0.432. The van der Waals surface area contributed by atoms with Gasteiger partial charge >= 0.3 is 0 Å². The van der Waals surface area contributed by atoms with Gasteiger partial charge in [-0.1, -0.05) is 80.4 Å². The van der Waals surface area contributed by atoms with Gasteiger partial charge in [-0.3, -0.25) is 0 Å². The van der Waals surface area contributed by atoms with E-state index in [0.717, 1.165) is 54.3 Å². The first-order chi connectivity index (χ1) is 16.5. The predicted molar refractivity (Wildman–Crippen MR) is 147 cm³/mol. The summed E-state index contributed by atoms with van der Waals surface area (Å²) in [5.41, 5.74) is 1.74. The number of anilines is 1. The minimum atomic E-state index is 0.432. The van der Waals surface area contributed by atoms with Crippen LogP contribution in [0.1, 0.15) is 27.2 Å². The first-order valence-electron chi connectivity index (χ1n) is 11.5. The fourth-order valence-electron chi connectivity index (χ4n) is 3.67. The molecule has 0 aliphatic carbocycles. The van der Waals surface area contributed by atoms with Crippen molar-refractivity contribution in [3.63, 3.8) is 0 Å². The number of allylic oxidation sites excluding steroid dienone is 2. The van der Waals surface area contributed by atoms with Crippen LogP contribution in [0.5, 0.6) is 0 Å². The quantitative estimate of drug-likeness (QED) is 0.166. The highest BCUT2D eigenvalue weighted by Gasteiger charge is 2.22. The molecule has 34 heavy (non-hydrogen) atoms. The Morgan fingerprint density at radius 3 is 2.35 bits per heavy atom. The molecule has 2 heterocycles. The van der Waals surface area contributed by atoms with Crippen LogP contribution in [0.25, 0.3) is 22.3 Å². The number of amidine groups is 1. The van der Waals surface area contributed by atoms with E-state index < -0.39 is 0 Å². The number of rotatable bonds is 4. The molecule has 1 fully saturated rings. The molecule has 1 saturated heterocycles. The molecule has 1 aliphatic heterocycles. The maximum atomic E-state index is 6.43. The zero-order chi connectivity index (χ0) is 24.5. The second-order valence-corrected chi connectivity index (χ2v) is 8.73. The molecular weight excluding hydrogens is 465 g/mol. The fraction of sp³-hybridized carbons (Fsp3) is 0.296. The van der Waals surface area contributed by atoms with E-state index >= 15 is 0 Å². The van der Waals surface area contributed by atoms with Crippen molar-refractivity contribution < 1.29 is 0 Å². The van der Waals surface area contributed by atoms with E-state index in [1.807, 2.05) is 49.4 Å². The molecule has 0 bridgehead atoms. The van der Waals surface area contributed by atoms with Crippen LogP contribution in [0.4, 0.5) is 5.82 Å². The van der Waals surface area contributed by atoms with Gasteiger partial charge in [0.1, 0.15) is 16.8 Å². The molecule has 0 radical (unpaired) electrons. The lowest BCUT2D eigenvalue weighted by Gasteiger charge is -2.36. The van der Waals surface area contributed by atoms with Gasteiger partial charge < -0.3 is 9.80 Å². The lowest BCUT2D eigenvalue weighted by Crippen LogP contribution is -2.48. The Labute approximate surface area is 212 Å². The number of fused-ring (bicyclic) bond motifs is 1. The number of piperazine rings is 1. The van der Waals surface area contributed by atoms with Crippen molar-refractivity contribution in [3.8, 4) is 11.4 Å². The Bertz CT molecular complexity index is 1180. The molecule has 0 amide bonds. The summed E-state index contributed by atoms with van der Waals surface area (Å²) in [4.78, 5) is 18.7. The maximum absolute atomic E-state index is 6.43. The highest BCUT2D eigenvalue weighted by Crippen LogP contribution is 2.31. The van der Waals surface area contributed by atoms with Crippen molar-refractivity contribution in [3.05, 3.63) is 77.4 Å². The van der Waals surface area contributed by atoms with Crippen molar-refractivity contribution in [2.75, 3.05) is 31.1 Å². The number of nitrogens with zero attached hydrogens (tertiary/aromatic N) is 5. The zero-order valence-corrected chi connectivity index (χ0v) is 21.5. The van der Waals surface area contributed by atoms with Crippen LogP contribution in [0.3, 0.4) is 0 Å². The van der Waals surface area contributed by atoms with Crippen LogP contribution < -0.4 is 4.90 Å². The second kappa shape index (κ2) is 12.5. The van der Waals surface area contributed by atoms with Gasteiger partial charge in [0.15, 0.2) is 5.82 Å². The average Bonchev–Trinajstić information content (AvgIpc) is 2.84. The van der Waals surface area contributed by atoms with Crippen molar-refractivity contribution >= 4 is 45.8 Å². The molecule has 0 N–H and O–H groups in total. The first kappa shape index (κ1) is 25.7. The van der Waals surface area contributed by atoms with Crippen LogP contribution >= 0.6 is 23.2 Å². The van der Waals surface area contributed by atoms with E-state index in [1.165, 1.54) is 6.42 Å². The molecule has 0 spiro atoms. The molecule has 0 atom stereocenters. The van der Waals surface area contributed by atoms with Gasteiger partial charge in [-0.2, -0.15) is 0 Å². The monoisotopic (exact) mass is 495 g/mol.